The fourth-order valence-electron chi connectivity index (χ4n) is 6.19. The van der Waals surface area contributed by atoms with Crippen LogP contribution < -0.4 is 14.9 Å². The van der Waals surface area contributed by atoms with Gasteiger partial charge in [0.15, 0.2) is 0 Å². The molecule has 12 heteroatoms. The number of sulfonamides is 1. The molecule has 1 aliphatic heterocycles. The highest BCUT2D eigenvalue weighted by Gasteiger charge is 2.32. The van der Waals surface area contributed by atoms with Crippen molar-refractivity contribution in [1.82, 2.24) is 25.7 Å². The first-order chi connectivity index (χ1) is 23.0. The summed E-state index contributed by atoms with van der Waals surface area (Å²) in [6.07, 6.45) is 6.38. The zero-order valence-corrected chi connectivity index (χ0v) is 28.4. The molecule has 11 nitrogen and oxygen atoms in total. The molecule has 3 aromatic carbocycles. The van der Waals surface area contributed by atoms with Crippen LogP contribution in [-0.2, 0) is 16.4 Å². The van der Waals surface area contributed by atoms with Gasteiger partial charge in [0.2, 0.25) is 10.0 Å². The second-order valence-electron chi connectivity index (χ2n) is 12.3. The van der Waals surface area contributed by atoms with Crippen LogP contribution in [0.15, 0.2) is 91.3 Å². The van der Waals surface area contributed by atoms with Gasteiger partial charge < -0.3 is 20.6 Å². The number of aliphatic hydroxyl groups excluding tert-OH is 1. The molecule has 1 fully saturated rings. The molecule has 0 bridgehead atoms. The number of aromatic nitrogens is 2. The Labute approximate surface area is 282 Å². The van der Waals surface area contributed by atoms with Crippen molar-refractivity contribution in [1.29, 1.82) is 0 Å². The topological polar surface area (TPSA) is 148 Å². The Morgan fingerprint density at radius 3 is 2.40 bits per heavy atom. The summed E-state index contributed by atoms with van der Waals surface area (Å²) >= 11 is 0. The van der Waals surface area contributed by atoms with Crippen LogP contribution in [0.3, 0.4) is 0 Å². The molecule has 254 valence electrons. The van der Waals surface area contributed by atoms with Gasteiger partial charge in [0.1, 0.15) is 0 Å². The van der Waals surface area contributed by atoms with Crippen molar-refractivity contribution in [3.05, 3.63) is 119 Å². The maximum Gasteiger partial charge on any atom is 0.254 e. The van der Waals surface area contributed by atoms with Crippen molar-refractivity contribution in [3.63, 3.8) is 0 Å². The number of aromatic amines is 1. The lowest BCUT2D eigenvalue weighted by Crippen LogP contribution is -2.49. The lowest BCUT2D eigenvalue weighted by atomic mass is 9.99. The summed E-state index contributed by atoms with van der Waals surface area (Å²) in [5.74, 6) is -0.815. The minimum absolute atomic E-state index is 0.0476. The number of nitrogens with one attached hydrogen (secondary N) is 3. The van der Waals surface area contributed by atoms with E-state index < -0.39 is 28.1 Å². The van der Waals surface area contributed by atoms with Gasteiger partial charge in [-0.3, -0.25) is 19.0 Å². The van der Waals surface area contributed by atoms with Crippen LogP contribution in [-0.4, -0.2) is 79.0 Å². The number of hydrogen-bond acceptors (Lipinski definition) is 7. The maximum atomic E-state index is 14.0. The van der Waals surface area contributed by atoms with Crippen LogP contribution in [0.4, 0.5) is 5.69 Å². The second-order valence-corrected chi connectivity index (χ2v) is 14.3. The van der Waals surface area contributed by atoms with E-state index in [0.717, 1.165) is 46.5 Å². The summed E-state index contributed by atoms with van der Waals surface area (Å²) in [5, 5.41) is 24.6. The van der Waals surface area contributed by atoms with E-state index in [0.29, 0.717) is 13.0 Å². The van der Waals surface area contributed by atoms with E-state index in [1.807, 2.05) is 67.6 Å². The van der Waals surface area contributed by atoms with Gasteiger partial charge in [-0.1, -0.05) is 67.6 Å². The molecule has 48 heavy (non-hydrogen) atoms. The molecule has 1 saturated heterocycles. The van der Waals surface area contributed by atoms with E-state index >= 15 is 0 Å². The molecule has 4 atom stereocenters. The fourth-order valence-corrected chi connectivity index (χ4v) is 6.68. The Hall–Kier alpha value is -4.52. The first-order valence-electron chi connectivity index (χ1n) is 16.2. The predicted molar refractivity (Wildman–Crippen MR) is 186 cm³/mol. The molecule has 2 amide bonds. The zero-order valence-electron chi connectivity index (χ0n) is 27.5. The van der Waals surface area contributed by atoms with Crippen molar-refractivity contribution in [3.8, 4) is 0 Å². The molecule has 4 aromatic rings. The average Bonchev–Trinajstić information content (AvgIpc) is 3.81. The quantitative estimate of drug-likeness (QED) is 0.157. The Bertz CT molecular complexity index is 1770. The summed E-state index contributed by atoms with van der Waals surface area (Å²) in [4.78, 5) is 29.8. The Morgan fingerprint density at radius 1 is 1.06 bits per heavy atom. The fraction of sp³-hybridized carbons (Fsp3) is 0.361. The average molecular weight is 673 g/mol. The normalized spacial score (nSPS) is 16.7. The van der Waals surface area contributed by atoms with Crippen molar-refractivity contribution < 1.29 is 23.1 Å². The Balaban J connectivity index is 1.43. The van der Waals surface area contributed by atoms with Gasteiger partial charge in [-0.25, -0.2) is 8.42 Å². The summed E-state index contributed by atoms with van der Waals surface area (Å²) in [5.41, 5.74) is 3.43. The number of anilines is 1. The highest BCUT2D eigenvalue weighted by Crippen LogP contribution is 2.34. The number of carbonyl (C=O) groups is 2. The minimum atomic E-state index is -3.71. The third-order valence-corrected chi connectivity index (χ3v) is 10.2. The molecule has 0 saturated carbocycles. The number of benzene rings is 3. The van der Waals surface area contributed by atoms with Crippen molar-refractivity contribution in [2.24, 2.45) is 0 Å². The highest BCUT2D eigenvalue weighted by molar-refractivity contribution is 7.92. The third-order valence-electron chi connectivity index (χ3n) is 8.97. The van der Waals surface area contributed by atoms with Crippen molar-refractivity contribution >= 4 is 27.5 Å². The van der Waals surface area contributed by atoms with Gasteiger partial charge >= 0.3 is 0 Å². The van der Waals surface area contributed by atoms with Crippen LogP contribution in [0.2, 0.25) is 0 Å². The van der Waals surface area contributed by atoms with Crippen LogP contribution >= 0.6 is 0 Å². The molecule has 1 aliphatic rings. The molecule has 4 N–H and O–H groups in total. The highest BCUT2D eigenvalue weighted by atomic mass is 32.2. The zero-order chi connectivity index (χ0) is 34.3. The Morgan fingerprint density at radius 2 is 1.75 bits per heavy atom. The lowest BCUT2D eigenvalue weighted by molar-refractivity contribution is 0.0735. The third kappa shape index (κ3) is 8.49. The molecule has 0 radical (unpaired) electrons. The van der Waals surface area contributed by atoms with Crippen LogP contribution in [0, 0.1) is 0 Å². The molecular weight excluding hydrogens is 629 g/mol. The molecule has 2 heterocycles. The second kappa shape index (κ2) is 15.6. The summed E-state index contributed by atoms with van der Waals surface area (Å²) < 4.78 is 26.2. The maximum absolute atomic E-state index is 14.0. The SMILES string of the molecule is CCC(NC[C@@H](O)[C@H](Cc1ccccc1)NC(=O)c1cc(C(=O)N2CCCC2c2ccccc2)cc(N(C)S(C)(=O)=O)c1)c1cn[nH]c1. The standard InChI is InChI=1S/C36H44N6O5S/c1-4-31(29-22-38-39-23-29)37-24-34(43)32(18-25-12-7-5-8-13-25)40-35(44)27-19-28(21-30(20-27)41(2)48(3,46)47)36(45)42-17-11-16-33(42)26-14-9-6-10-15-26/h5-10,12-15,19-23,31-34,37,43H,4,11,16-18,24H2,1-3H3,(H,38,39)(H,40,44)/t31?,32-,33?,34+/m0/s1. The minimum Gasteiger partial charge on any atom is -0.390 e. The van der Waals surface area contributed by atoms with Gasteiger partial charge in [-0.2, -0.15) is 5.10 Å². The first-order valence-corrected chi connectivity index (χ1v) is 18.1. The van der Waals surface area contributed by atoms with Crippen molar-refractivity contribution in [2.45, 2.75) is 56.8 Å². The number of aliphatic hydroxyl groups is 1. The van der Waals surface area contributed by atoms with E-state index in [2.05, 4.69) is 20.8 Å². The van der Waals surface area contributed by atoms with E-state index in [9.17, 15) is 23.1 Å². The van der Waals surface area contributed by atoms with E-state index in [4.69, 9.17) is 0 Å². The molecule has 2 unspecified atom stereocenters. The number of amides is 2. The smallest absolute Gasteiger partial charge is 0.254 e. The lowest BCUT2D eigenvalue weighted by Gasteiger charge is -2.28. The predicted octanol–water partition coefficient (Wildman–Crippen LogP) is 4.23. The summed E-state index contributed by atoms with van der Waals surface area (Å²) in [6.45, 7) is 2.77. The number of rotatable bonds is 14. The van der Waals surface area contributed by atoms with Gasteiger partial charge in [0.05, 0.1) is 36.3 Å². The summed E-state index contributed by atoms with van der Waals surface area (Å²) in [7, 11) is -2.32. The number of hydrogen-bond donors (Lipinski definition) is 4. The molecule has 1 aromatic heterocycles. The number of H-pyrrole nitrogens is 1. The Kier molecular flexibility index (Phi) is 11.3. The number of nitrogens with zero attached hydrogens (tertiary/aromatic N) is 3. The van der Waals surface area contributed by atoms with E-state index in [-0.39, 0.29) is 41.3 Å². The van der Waals surface area contributed by atoms with Gasteiger partial charge in [0.25, 0.3) is 11.8 Å². The molecule has 5 rings (SSSR count). The largest absolute Gasteiger partial charge is 0.390 e. The van der Waals surface area contributed by atoms with Gasteiger partial charge in [-0.05, 0) is 55.0 Å². The molecule has 0 spiro atoms. The summed E-state index contributed by atoms with van der Waals surface area (Å²) in [6, 6.07) is 23.0. The molecule has 0 aliphatic carbocycles. The number of likely N-dealkylation sites (tertiary alicyclic amines) is 1. The van der Waals surface area contributed by atoms with E-state index in [1.165, 1.54) is 25.2 Å². The van der Waals surface area contributed by atoms with Crippen LogP contribution in [0.25, 0.3) is 0 Å². The van der Waals surface area contributed by atoms with Crippen molar-refractivity contribution in [2.75, 3.05) is 30.7 Å². The molecular formula is C36H44N6O5S. The van der Waals surface area contributed by atoms with Crippen LogP contribution in [0.5, 0.6) is 0 Å². The number of carbonyl (C=O) groups excluding carboxylic acids is 2. The van der Waals surface area contributed by atoms with Gasteiger partial charge in [-0.15, -0.1) is 0 Å². The van der Waals surface area contributed by atoms with E-state index in [1.54, 1.807) is 17.3 Å². The first kappa shape index (κ1) is 34.8. The van der Waals surface area contributed by atoms with Crippen LogP contribution in [0.1, 0.15) is 75.7 Å². The van der Waals surface area contributed by atoms with Gasteiger partial charge in [0, 0.05) is 49.1 Å². The monoisotopic (exact) mass is 672 g/mol.